The number of carbonyl (C=O) groups excluding carboxylic acids is 1. The molecule has 0 aromatic carbocycles. The normalized spacial score (nSPS) is 7.80. The van der Waals surface area contributed by atoms with Crippen molar-refractivity contribution in [1.82, 2.24) is 0 Å². The lowest BCUT2D eigenvalue weighted by Crippen LogP contribution is -1.98. The lowest BCUT2D eigenvalue weighted by molar-refractivity contribution is -0.140. The third-order valence-electron chi connectivity index (χ3n) is 1.04. The molecule has 0 aromatic heterocycles. The zero-order valence-corrected chi connectivity index (χ0v) is 6.14. The monoisotopic (exact) mass is 139 g/mol. The van der Waals surface area contributed by atoms with Crippen molar-refractivity contribution in [3.8, 4) is 11.8 Å². The van der Waals surface area contributed by atoms with Crippen molar-refractivity contribution in [3.63, 3.8) is 0 Å². The fourth-order valence-corrected chi connectivity index (χ4v) is 0.512. The van der Waals surface area contributed by atoms with Crippen LogP contribution in [0.15, 0.2) is 0 Å². The smallest absolute Gasteiger partial charge is 0.305 e. The summed E-state index contributed by atoms with van der Waals surface area (Å²) < 4.78 is 4.43. The number of ether oxygens (including phenoxy) is 1. The van der Waals surface area contributed by atoms with Crippen LogP contribution in [0.25, 0.3) is 0 Å². The van der Waals surface area contributed by atoms with E-state index in [4.69, 9.17) is 0 Å². The number of rotatable bonds is 3. The summed E-state index contributed by atoms with van der Waals surface area (Å²) in [5, 5.41) is 0. The van der Waals surface area contributed by atoms with Crippen LogP contribution in [-0.4, -0.2) is 13.1 Å². The van der Waals surface area contributed by atoms with Crippen LogP contribution in [0.5, 0.6) is 0 Å². The van der Waals surface area contributed by atoms with E-state index < -0.39 is 0 Å². The Balaban J connectivity index is 3.17. The van der Waals surface area contributed by atoms with Crippen LogP contribution in [0, 0.1) is 18.8 Å². The van der Waals surface area contributed by atoms with E-state index in [0.717, 1.165) is 12.8 Å². The van der Waals surface area contributed by atoms with Gasteiger partial charge in [0.2, 0.25) is 0 Å². The molecule has 0 saturated carbocycles. The van der Waals surface area contributed by atoms with Gasteiger partial charge in [-0.25, -0.2) is 0 Å². The maximum Gasteiger partial charge on any atom is 0.305 e. The van der Waals surface area contributed by atoms with Gasteiger partial charge in [-0.1, -0.05) is 0 Å². The molecule has 0 aliphatic carbocycles. The van der Waals surface area contributed by atoms with Gasteiger partial charge in [-0.05, 0) is 6.42 Å². The zero-order valence-electron chi connectivity index (χ0n) is 6.14. The molecule has 0 saturated heterocycles. The molecule has 0 amide bonds. The number of carbonyl (C=O) groups is 1. The minimum Gasteiger partial charge on any atom is -0.469 e. The highest BCUT2D eigenvalue weighted by Gasteiger charge is 1.96. The number of unbranched alkanes of at least 4 members (excludes halogenated alkanes) is 1. The average Bonchev–Trinajstić information content (AvgIpc) is 1.98. The lowest BCUT2D eigenvalue weighted by Gasteiger charge is -1.93. The first-order chi connectivity index (χ1) is 4.81. The van der Waals surface area contributed by atoms with E-state index in [1.54, 1.807) is 0 Å². The third-order valence-corrected chi connectivity index (χ3v) is 1.04. The topological polar surface area (TPSA) is 26.3 Å². The Kier molecular flexibility index (Phi) is 5.56. The Bertz CT molecular complexity index is 150. The second kappa shape index (κ2) is 6.15. The molecule has 2 heteroatoms. The van der Waals surface area contributed by atoms with E-state index in [9.17, 15) is 4.79 Å². The van der Waals surface area contributed by atoms with Gasteiger partial charge < -0.3 is 4.74 Å². The summed E-state index contributed by atoms with van der Waals surface area (Å²) in [6, 6.07) is 0. The number of hydrogen-bond acceptors (Lipinski definition) is 2. The molecule has 0 aromatic rings. The quantitative estimate of drug-likeness (QED) is 0.333. The van der Waals surface area contributed by atoms with Gasteiger partial charge in [-0.3, -0.25) is 4.79 Å². The largest absolute Gasteiger partial charge is 0.469 e. The highest BCUT2D eigenvalue weighted by molar-refractivity contribution is 5.69. The Labute approximate surface area is 61.6 Å². The molecule has 2 nitrogen and oxygen atoms in total. The van der Waals surface area contributed by atoms with Gasteiger partial charge >= 0.3 is 5.97 Å². The summed E-state index contributed by atoms with van der Waals surface area (Å²) in [4.78, 5) is 10.5. The molecule has 1 radical (unpaired) electrons. The fourth-order valence-electron chi connectivity index (χ4n) is 0.512. The molecule has 0 N–H and O–H groups in total. The van der Waals surface area contributed by atoms with Gasteiger partial charge in [0.1, 0.15) is 0 Å². The minimum absolute atomic E-state index is 0.175. The minimum atomic E-state index is -0.175. The second-order valence-corrected chi connectivity index (χ2v) is 1.78. The first-order valence-corrected chi connectivity index (χ1v) is 3.13. The average molecular weight is 139 g/mol. The molecule has 55 valence electrons. The Morgan fingerprint density at radius 1 is 1.70 bits per heavy atom. The van der Waals surface area contributed by atoms with Crippen LogP contribution in [-0.2, 0) is 9.53 Å². The summed E-state index contributed by atoms with van der Waals surface area (Å²) in [5.41, 5.74) is 0. The Morgan fingerprint density at radius 2 is 2.40 bits per heavy atom. The molecule has 0 spiro atoms. The second-order valence-electron chi connectivity index (χ2n) is 1.78. The molecular weight excluding hydrogens is 128 g/mol. The number of hydrogen-bond donors (Lipinski definition) is 0. The fraction of sp³-hybridized carbons (Fsp3) is 0.500. The van der Waals surface area contributed by atoms with Crippen LogP contribution in [0.4, 0.5) is 0 Å². The molecule has 0 aliphatic heterocycles. The first-order valence-electron chi connectivity index (χ1n) is 3.13. The van der Waals surface area contributed by atoms with Gasteiger partial charge in [0, 0.05) is 19.8 Å². The van der Waals surface area contributed by atoms with Gasteiger partial charge in [0.15, 0.2) is 0 Å². The highest BCUT2D eigenvalue weighted by Crippen LogP contribution is 1.94. The highest BCUT2D eigenvalue weighted by atomic mass is 16.5. The van der Waals surface area contributed by atoms with E-state index in [1.165, 1.54) is 7.11 Å². The predicted molar refractivity (Wildman–Crippen MR) is 39.0 cm³/mol. The van der Waals surface area contributed by atoms with Crippen molar-refractivity contribution in [1.29, 1.82) is 0 Å². The van der Waals surface area contributed by atoms with E-state index in [0.29, 0.717) is 6.42 Å². The van der Waals surface area contributed by atoms with Gasteiger partial charge in [0.25, 0.3) is 0 Å². The van der Waals surface area contributed by atoms with Crippen molar-refractivity contribution in [3.05, 3.63) is 6.92 Å². The summed E-state index contributed by atoms with van der Waals surface area (Å²) in [6.07, 6.45) is 1.93. The van der Waals surface area contributed by atoms with Gasteiger partial charge in [-0.2, -0.15) is 0 Å². The van der Waals surface area contributed by atoms with Gasteiger partial charge in [-0.15, -0.1) is 11.8 Å². The summed E-state index contributed by atoms with van der Waals surface area (Å²) in [5.74, 6) is 5.09. The van der Waals surface area contributed by atoms with Crippen molar-refractivity contribution in [2.75, 3.05) is 7.11 Å². The van der Waals surface area contributed by atoms with E-state index in [1.807, 2.05) is 0 Å². The first kappa shape index (κ1) is 9.03. The molecule has 0 bridgehead atoms. The van der Waals surface area contributed by atoms with E-state index in [-0.39, 0.29) is 5.97 Å². The van der Waals surface area contributed by atoms with Crippen molar-refractivity contribution >= 4 is 5.97 Å². The van der Waals surface area contributed by atoms with Crippen LogP contribution in [0.2, 0.25) is 0 Å². The standard InChI is InChI=1S/C8H11O2/c1-3-4-5-6-7-8(9)10-2/h1,5-7H2,2H3. The zero-order chi connectivity index (χ0) is 7.82. The van der Waals surface area contributed by atoms with Crippen LogP contribution < -0.4 is 0 Å². The molecule has 0 rings (SSSR count). The third kappa shape index (κ3) is 5.17. The summed E-state index contributed by atoms with van der Waals surface area (Å²) in [7, 11) is 1.38. The maximum atomic E-state index is 10.5. The van der Waals surface area contributed by atoms with Crippen LogP contribution >= 0.6 is 0 Å². The van der Waals surface area contributed by atoms with Crippen molar-refractivity contribution in [2.45, 2.75) is 19.3 Å². The SMILES string of the molecule is [CH2]C#CCCCC(=O)OC. The molecule has 0 aliphatic rings. The lowest BCUT2D eigenvalue weighted by atomic mass is 10.2. The number of methoxy groups -OCH3 is 1. The number of esters is 1. The predicted octanol–water partition coefficient (Wildman–Crippen LogP) is 1.17. The molecule has 0 atom stereocenters. The molecule has 0 unspecified atom stereocenters. The Hall–Kier alpha value is -0.970. The molecule has 0 heterocycles. The summed E-state index contributed by atoms with van der Waals surface area (Å²) >= 11 is 0. The summed E-state index contributed by atoms with van der Waals surface area (Å²) in [6.45, 7) is 3.35. The molecule has 0 fully saturated rings. The maximum absolute atomic E-state index is 10.5. The van der Waals surface area contributed by atoms with Crippen LogP contribution in [0.1, 0.15) is 19.3 Å². The van der Waals surface area contributed by atoms with E-state index in [2.05, 4.69) is 23.5 Å². The van der Waals surface area contributed by atoms with E-state index >= 15 is 0 Å². The molecule has 10 heavy (non-hydrogen) atoms. The van der Waals surface area contributed by atoms with Crippen LogP contribution in [0.3, 0.4) is 0 Å². The van der Waals surface area contributed by atoms with Gasteiger partial charge in [0.05, 0.1) is 7.11 Å². The molecular formula is C8H11O2. The van der Waals surface area contributed by atoms with Crippen molar-refractivity contribution < 1.29 is 9.53 Å². The van der Waals surface area contributed by atoms with Crippen molar-refractivity contribution in [2.24, 2.45) is 0 Å². The Morgan fingerprint density at radius 3 is 2.90 bits per heavy atom.